The third kappa shape index (κ3) is 4.89. The molecule has 0 amide bonds. The Morgan fingerprint density at radius 2 is 1.91 bits per heavy atom. The molecule has 170 valence electrons. The van der Waals surface area contributed by atoms with Crippen LogP contribution in [0.4, 0.5) is 0 Å². The Balaban J connectivity index is 1.81. The number of hydrogen-bond donors (Lipinski definition) is 2. The number of carboxylic acid groups (broad SMARTS) is 1. The number of benzene rings is 2. The maximum absolute atomic E-state index is 11.3. The first-order valence-corrected chi connectivity index (χ1v) is 11.7. The third-order valence-corrected chi connectivity index (χ3v) is 6.47. The number of tetrazole rings is 1. The van der Waals surface area contributed by atoms with Gasteiger partial charge in [-0.05, 0) is 64.9 Å². The third-order valence-electron chi connectivity index (χ3n) is 4.57. The second-order valence-electron chi connectivity index (χ2n) is 6.92. The molecule has 0 bridgehead atoms. The molecule has 0 fully saturated rings. The van der Waals surface area contributed by atoms with E-state index in [0.717, 1.165) is 10.6 Å². The van der Waals surface area contributed by atoms with Gasteiger partial charge in [0.2, 0.25) is 0 Å². The summed E-state index contributed by atoms with van der Waals surface area (Å²) in [4.78, 5) is 19.1. The molecule has 0 radical (unpaired) electrons. The fourth-order valence-electron chi connectivity index (χ4n) is 2.85. The molecule has 0 unspecified atom stereocenters. The normalized spacial score (nSPS) is 11.5. The Labute approximate surface area is 192 Å². The fraction of sp³-hybridized carbons (Fsp3) is 0.150. The van der Waals surface area contributed by atoms with Crippen LogP contribution in [-0.2, 0) is 14.9 Å². The number of aromatic nitrogens is 5. The van der Waals surface area contributed by atoms with Gasteiger partial charge in [0.05, 0.1) is 4.90 Å². The summed E-state index contributed by atoms with van der Waals surface area (Å²) in [7, 11) is -4.32. The van der Waals surface area contributed by atoms with Gasteiger partial charge in [-0.1, -0.05) is 22.4 Å². The highest BCUT2D eigenvalue weighted by atomic mass is 32.2. The smallest absolute Gasteiger partial charge is 0.364 e. The summed E-state index contributed by atoms with van der Waals surface area (Å²) in [6.45, 7) is 3.33. The van der Waals surface area contributed by atoms with Gasteiger partial charge in [-0.15, -0.1) is 0 Å². The van der Waals surface area contributed by atoms with E-state index in [1.54, 1.807) is 24.3 Å². The number of carbonyl (C=O) groups is 1. The van der Waals surface area contributed by atoms with Gasteiger partial charge in [0.1, 0.15) is 17.1 Å². The molecule has 2 heterocycles. The largest absolute Gasteiger partial charge is 0.482 e. The van der Waals surface area contributed by atoms with Crippen LogP contribution in [0.5, 0.6) is 5.75 Å². The molecular weight excluding hydrogens is 470 g/mol. The summed E-state index contributed by atoms with van der Waals surface area (Å²) < 4.78 is 37.1. The minimum absolute atomic E-state index is 0.243. The number of nitrogens with zero attached hydrogens (tertiary/aromatic N) is 5. The molecule has 0 atom stereocenters. The highest BCUT2D eigenvalue weighted by molar-refractivity contribution is 7.85. The van der Waals surface area contributed by atoms with Crippen LogP contribution in [-0.4, -0.2) is 50.6 Å². The van der Waals surface area contributed by atoms with Crippen molar-refractivity contribution < 1.29 is 32.4 Å². The van der Waals surface area contributed by atoms with Crippen LogP contribution in [0.2, 0.25) is 0 Å². The summed E-state index contributed by atoms with van der Waals surface area (Å²) in [5, 5.41) is 18.5. The molecule has 2 N–H and O–H groups in total. The van der Waals surface area contributed by atoms with E-state index in [2.05, 4.69) is 15.2 Å². The standard InChI is InChI=1S/C20H17N5O6S2/c1-12-13(2)32-20(21-12)25-23-19(14-6-8-17(9-7-14)33(28,29)30)22-24(25)15-4-3-5-16(10-15)31-11-18(26)27/h3-10H,11H2,1-2H3,(H-,26,27,28,29,30)/p+1. The van der Waals surface area contributed by atoms with E-state index in [9.17, 15) is 17.8 Å². The summed E-state index contributed by atoms with van der Waals surface area (Å²) in [5.41, 5.74) is 1.89. The topological polar surface area (TPSA) is 148 Å². The maximum atomic E-state index is 11.3. The van der Waals surface area contributed by atoms with Crippen molar-refractivity contribution in [2.75, 3.05) is 6.61 Å². The first-order chi connectivity index (χ1) is 15.6. The average Bonchev–Trinajstić information content (AvgIpc) is 3.36. The Hall–Kier alpha value is -3.68. The van der Waals surface area contributed by atoms with Crippen LogP contribution in [0.25, 0.3) is 22.2 Å². The van der Waals surface area contributed by atoms with Crippen molar-refractivity contribution in [2.24, 2.45) is 0 Å². The van der Waals surface area contributed by atoms with Gasteiger partial charge in [-0.25, -0.2) is 4.79 Å². The molecule has 0 aliphatic carbocycles. The van der Waals surface area contributed by atoms with Crippen LogP contribution < -0.4 is 9.53 Å². The Morgan fingerprint density at radius 3 is 2.52 bits per heavy atom. The Bertz CT molecular complexity index is 1420. The van der Waals surface area contributed by atoms with E-state index >= 15 is 0 Å². The fourth-order valence-corrected chi connectivity index (χ4v) is 4.18. The first kappa shape index (κ1) is 22.5. The molecule has 0 saturated carbocycles. The van der Waals surface area contributed by atoms with Gasteiger partial charge >= 0.3 is 11.1 Å². The minimum Gasteiger partial charge on any atom is -0.482 e. The lowest BCUT2D eigenvalue weighted by molar-refractivity contribution is -0.734. The zero-order valence-electron chi connectivity index (χ0n) is 17.4. The van der Waals surface area contributed by atoms with Gasteiger partial charge in [0.15, 0.2) is 6.61 Å². The highest BCUT2D eigenvalue weighted by Crippen LogP contribution is 2.22. The van der Waals surface area contributed by atoms with Crippen molar-refractivity contribution in [1.82, 2.24) is 20.0 Å². The Kier molecular flexibility index (Phi) is 5.93. The number of aliphatic carboxylic acids is 1. The van der Waals surface area contributed by atoms with Crippen LogP contribution in [0.15, 0.2) is 53.4 Å². The molecule has 13 heteroatoms. The van der Waals surface area contributed by atoms with Crippen molar-refractivity contribution in [2.45, 2.75) is 18.7 Å². The number of ether oxygens (including phenoxy) is 1. The van der Waals surface area contributed by atoms with Crippen molar-refractivity contribution in [1.29, 1.82) is 0 Å². The molecule has 2 aromatic heterocycles. The number of carboxylic acids is 1. The zero-order valence-corrected chi connectivity index (χ0v) is 19.0. The van der Waals surface area contributed by atoms with Crippen LogP contribution in [0.1, 0.15) is 10.6 Å². The van der Waals surface area contributed by atoms with Gasteiger partial charge < -0.3 is 9.84 Å². The van der Waals surface area contributed by atoms with E-state index in [-0.39, 0.29) is 10.7 Å². The lowest BCUT2D eigenvalue weighted by Gasteiger charge is -2.04. The quantitative estimate of drug-likeness (QED) is 0.294. The lowest BCUT2D eigenvalue weighted by Crippen LogP contribution is -2.43. The number of rotatable bonds is 7. The molecule has 11 nitrogen and oxygen atoms in total. The maximum Gasteiger partial charge on any atom is 0.364 e. The summed E-state index contributed by atoms with van der Waals surface area (Å²) in [5.74, 6) is -0.484. The van der Waals surface area contributed by atoms with E-state index < -0.39 is 22.7 Å². The molecule has 0 aliphatic heterocycles. The molecule has 2 aromatic carbocycles. The second-order valence-corrected chi connectivity index (χ2v) is 9.52. The average molecular weight is 489 g/mol. The van der Waals surface area contributed by atoms with Crippen LogP contribution >= 0.6 is 11.3 Å². The molecule has 0 aliphatic rings. The SMILES string of the molecule is Cc1nc(-[n+]2nc(-c3ccc(S(=O)(=O)O)cc3)nn2-c2cccc(OCC(=O)O)c2)sc1C. The molecule has 33 heavy (non-hydrogen) atoms. The van der Waals surface area contributed by atoms with Crippen molar-refractivity contribution in [3.8, 4) is 28.0 Å². The molecule has 4 aromatic rings. The monoisotopic (exact) mass is 488 g/mol. The van der Waals surface area contributed by atoms with Crippen molar-refractivity contribution >= 4 is 27.4 Å². The van der Waals surface area contributed by atoms with Gasteiger partial charge in [-0.3, -0.25) is 4.55 Å². The Morgan fingerprint density at radius 1 is 1.18 bits per heavy atom. The van der Waals surface area contributed by atoms with E-state index in [4.69, 9.17) is 9.84 Å². The summed E-state index contributed by atoms with van der Waals surface area (Å²) >= 11 is 1.42. The van der Waals surface area contributed by atoms with Crippen LogP contribution in [0.3, 0.4) is 0 Å². The molecule has 4 rings (SSSR count). The zero-order chi connectivity index (χ0) is 23.8. The van der Waals surface area contributed by atoms with Crippen LogP contribution in [0, 0.1) is 13.8 Å². The number of thiazole rings is 1. The van der Waals surface area contributed by atoms with Gasteiger partial charge in [0, 0.05) is 21.6 Å². The van der Waals surface area contributed by atoms with Gasteiger partial charge in [0.25, 0.3) is 15.9 Å². The van der Waals surface area contributed by atoms with Crippen molar-refractivity contribution in [3.63, 3.8) is 0 Å². The predicted molar refractivity (Wildman–Crippen MR) is 116 cm³/mol. The van der Waals surface area contributed by atoms with Crippen molar-refractivity contribution in [3.05, 3.63) is 59.1 Å². The molecular formula is C20H18N5O6S2+. The summed E-state index contributed by atoms with van der Waals surface area (Å²) in [6.07, 6.45) is 0. The number of hydrogen-bond acceptors (Lipinski definition) is 8. The predicted octanol–water partition coefficient (Wildman–Crippen LogP) is 1.99. The first-order valence-electron chi connectivity index (χ1n) is 9.49. The molecule has 0 spiro atoms. The summed E-state index contributed by atoms with van der Waals surface area (Å²) in [6, 6.07) is 12.2. The second kappa shape index (κ2) is 8.69. The number of aryl methyl sites for hydroxylation is 2. The van der Waals surface area contributed by atoms with E-state index in [1.807, 2.05) is 13.8 Å². The van der Waals surface area contributed by atoms with E-state index in [0.29, 0.717) is 22.1 Å². The minimum atomic E-state index is -4.32. The lowest BCUT2D eigenvalue weighted by atomic mass is 10.2. The van der Waals surface area contributed by atoms with Gasteiger partial charge in [-0.2, -0.15) is 8.42 Å². The molecule has 0 saturated heterocycles. The highest BCUT2D eigenvalue weighted by Gasteiger charge is 2.25. The van der Waals surface area contributed by atoms with E-state index in [1.165, 1.54) is 45.2 Å².